The molecule has 0 aliphatic rings. The Bertz CT molecular complexity index is 1060. The minimum Gasteiger partial charge on any atom is -0.492 e. The largest absolute Gasteiger partial charge is 0.492 e. The highest BCUT2D eigenvalue weighted by Gasteiger charge is 2.13. The summed E-state index contributed by atoms with van der Waals surface area (Å²) < 4.78 is 5.48. The standard InChI is InChI=1S/C19H18ClN5OS/c1-2-26-14-6-12(8-21-11-14)9-24-19-25-17(20)16(27-19)7-13-10-23-18-15(13)4-3-5-22-18/h3-6,8,10-11H,2,7,9H2,1H3,(H,22,23)(H,24,25). The number of aromatic amines is 1. The predicted octanol–water partition coefficient (Wildman–Crippen LogP) is 4.67. The number of pyridine rings is 2. The van der Waals surface area contributed by atoms with Crippen LogP contribution in [0.3, 0.4) is 0 Å². The molecule has 0 saturated heterocycles. The molecule has 0 aliphatic carbocycles. The molecule has 0 radical (unpaired) electrons. The van der Waals surface area contributed by atoms with E-state index < -0.39 is 0 Å². The molecule has 0 aromatic carbocycles. The van der Waals surface area contributed by atoms with Crippen molar-refractivity contribution >= 4 is 39.1 Å². The number of thiazole rings is 1. The van der Waals surface area contributed by atoms with Gasteiger partial charge in [0.15, 0.2) is 5.13 Å². The van der Waals surface area contributed by atoms with E-state index in [1.165, 1.54) is 0 Å². The molecule has 4 aromatic rings. The molecule has 0 saturated carbocycles. The van der Waals surface area contributed by atoms with E-state index in [1.807, 2.05) is 31.5 Å². The van der Waals surface area contributed by atoms with Crippen molar-refractivity contribution in [2.75, 3.05) is 11.9 Å². The van der Waals surface area contributed by atoms with Crippen LogP contribution < -0.4 is 10.1 Å². The van der Waals surface area contributed by atoms with Crippen molar-refractivity contribution < 1.29 is 4.74 Å². The van der Waals surface area contributed by atoms with Crippen LogP contribution in [0.15, 0.2) is 43.0 Å². The van der Waals surface area contributed by atoms with Gasteiger partial charge in [-0.15, -0.1) is 11.3 Å². The summed E-state index contributed by atoms with van der Waals surface area (Å²) in [5, 5.41) is 5.74. The Morgan fingerprint density at radius 2 is 2.26 bits per heavy atom. The number of ether oxygens (including phenoxy) is 1. The van der Waals surface area contributed by atoms with Crippen LogP contribution in [0.4, 0.5) is 5.13 Å². The zero-order chi connectivity index (χ0) is 18.6. The van der Waals surface area contributed by atoms with Crippen molar-refractivity contribution in [3.63, 3.8) is 0 Å². The van der Waals surface area contributed by atoms with Gasteiger partial charge in [-0.05, 0) is 36.2 Å². The van der Waals surface area contributed by atoms with E-state index in [-0.39, 0.29) is 0 Å². The SMILES string of the molecule is CCOc1cncc(CNc2nc(Cl)c(Cc3c[nH]c4ncccc34)s2)c1. The van der Waals surface area contributed by atoms with Gasteiger partial charge in [-0.25, -0.2) is 9.97 Å². The number of hydrogen-bond donors (Lipinski definition) is 2. The van der Waals surface area contributed by atoms with E-state index in [1.54, 1.807) is 23.7 Å². The first kappa shape index (κ1) is 17.8. The molecule has 0 fully saturated rings. The molecule has 0 aliphatic heterocycles. The van der Waals surface area contributed by atoms with Crippen LogP contribution in [-0.2, 0) is 13.0 Å². The second kappa shape index (κ2) is 7.94. The van der Waals surface area contributed by atoms with Crippen molar-refractivity contribution in [2.45, 2.75) is 19.9 Å². The minimum atomic E-state index is 0.530. The van der Waals surface area contributed by atoms with Crippen molar-refractivity contribution in [2.24, 2.45) is 0 Å². The van der Waals surface area contributed by atoms with Crippen molar-refractivity contribution in [1.82, 2.24) is 19.9 Å². The van der Waals surface area contributed by atoms with Crippen LogP contribution in [0.25, 0.3) is 11.0 Å². The molecule has 0 bridgehead atoms. The lowest BCUT2D eigenvalue weighted by atomic mass is 10.1. The number of nitrogens with zero attached hydrogens (tertiary/aromatic N) is 3. The first-order valence-electron chi connectivity index (χ1n) is 8.59. The van der Waals surface area contributed by atoms with Gasteiger partial charge in [-0.3, -0.25) is 4.98 Å². The maximum Gasteiger partial charge on any atom is 0.184 e. The Kier molecular flexibility index (Phi) is 5.22. The fourth-order valence-corrected chi connectivity index (χ4v) is 4.02. The minimum absolute atomic E-state index is 0.530. The zero-order valence-electron chi connectivity index (χ0n) is 14.7. The Balaban J connectivity index is 1.46. The summed E-state index contributed by atoms with van der Waals surface area (Å²) in [5.41, 5.74) is 3.06. The Hall–Kier alpha value is -2.64. The van der Waals surface area contributed by atoms with Gasteiger partial charge in [0.05, 0.1) is 17.7 Å². The lowest BCUT2D eigenvalue weighted by Gasteiger charge is -2.06. The average Bonchev–Trinajstić information content (AvgIpc) is 3.25. The summed E-state index contributed by atoms with van der Waals surface area (Å²) in [6.07, 6.45) is 7.99. The number of H-pyrrole nitrogens is 1. The maximum absolute atomic E-state index is 6.36. The van der Waals surface area contributed by atoms with Crippen LogP contribution in [0, 0.1) is 0 Å². The van der Waals surface area contributed by atoms with Gasteiger partial charge in [0.1, 0.15) is 16.5 Å². The highest BCUT2D eigenvalue weighted by atomic mass is 35.5. The Morgan fingerprint density at radius 3 is 3.15 bits per heavy atom. The number of aromatic nitrogens is 4. The second-order valence-corrected chi connectivity index (χ2v) is 7.38. The monoisotopic (exact) mass is 399 g/mol. The van der Waals surface area contributed by atoms with Gasteiger partial charge >= 0.3 is 0 Å². The Morgan fingerprint density at radius 1 is 1.33 bits per heavy atom. The van der Waals surface area contributed by atoms with Gasteiger partial charge in [-0.2, -0.15) is 0 Å². The molecule has 138 valence electrons. The highest BCUT2D eigenvalue weighted by molar-refractivity contribution is 7.16. The molecule has 4 heterocycles. The molecule has 0 atom stereocenters. The normalized spacial score (nSPS) is 11.0. The van der Waals surface area contributed by atoms with Crippen molar-refractivity contribution in [3.8, 4) is 5.75 Å². The van der Waals surface area contributed by atoms with Crippen LogP contribution in [0.2, 0.25) is 5.15 Å². The first-order valence-corrected chi connectivity index (χ1v) is 9.79. The average molecular weight is 400 g/mol. The van der Waals surface area contributed by atoms with E-state index >= 15 is 0 Å². The smallest absolute Gasteiger partial charge is 0.184 e. The summed E-state index contributed by atoms with van der Waals surface area (Å²) in [7, 11) is 0. The molecule has 27 heavy (non-hydrogen) atoms. The highest BCUT2D eigenvalue weighted by Crippen LogP contribution is 2.31. The molecule has 2 N–H and O–H groups in total. The van der Waals surface area contributed by atoms with E-state index in [9.17, 15) is 0 Å². The lowest BCUT2D eigenvalue weighted by molar-refractivity contribution is 0.338. The second-order valence-electron chi connectivity index (χ2n) is 5.94. The first-order chi connectivity index (χ1) is 13.2. The third-order valence-electron chi connectivity index (χ3n) is 4.06. The molecule has 0 amide bonds. The summed E-state index contributed by atoms with van der Waals surface area (Å²) >= 11 is 7.92. The van der Waals surface area contributed by atoms with Gasteiger partial charge in [0.2, 0.25) is 0 Å². The number of halogens is 1. The maximum atomic E-state index is 6.36. The molecule has 0 unspecified atom stereocenters. The van der Waals surface area contributed by atoms with E-state index in [0.717, 1.165) is 37.9 Å². The van der Waals surface area contributed by atoms with Crippen molar-refractivity contribution in [1.29, 1.82) is 0 Å². The molecule has 0 spiro atoms. The lowest BCUT2D eigenvalue weighted by Crippen LogP contribution is -2.00. The number of nitrogens with one attached hydrogen (secondary N) is 2. The third-order valence-corrected chi connectivity index (χ3v) is 5.50. The van der Waals surface area contributed by atoms with E-state index in [0.29, 0.717) is 24.7 Å². The fourth-order valence-electron chi connectivity index (χ4n) is 2.83. The molecule has 4 aromatic heterocycles. The molecular formula is C19H18ClN5OS. The number of anilines is 1. The molecule has 8 heteroatoms. The molecular weight excluding hydrogens is 382 g/mol. The number of rotatable bonds is 7. The van der Waals surface area contributed by atoms with Crippen molar-refractivity contribution in [3.05, 3.63) is 64.1 Å². The van der Waals surface area contributed by atoms with Crippen LogP contribution in [-0.4, -0.2) is 26.5 Å². The number of hydrogen-bond acceptors (Lipinski definition) is 6. The number of fused-ring (bicyclic) bond motifs is 1. The molecule has 6 nitrogen and oxygen atoms in total. The van der Waals surface area contributed by atoms with E-state index in [4.69, 9.17) is 16.3 Å². The van der Waals surface area contributed by atoms with Gasteiger partial charge in [-0.1, -0.05) is 11.6 Å². The summed E-state index contributed by atoms with van der Waals surface area (Å²) in [5.74, 6) is 0.766. The predicted molar refractivity (Wildman–Crippen MR) is 109 cm³/mol. The van der Waals surface area contributed by atoms with Crippen LogP contribution in [0.1, 0.15) is 22.9 Å². The summed E-state index contributed by atoms with van der Waals surface area (Å²) in [6, 6.07) is 5.96. The molecule has 4 rings (SSSR count). The van der Waals surface area contributed by atoms with Gasteiger partial charge < -0.3 is 15.0 Å². The fraction of sp³-hybridized carbons (Fsp3) is 0.211. The van der Waals surface area contributed by atoms with Gasteiger partial charge in [0, 0.05) is 36.9 Å². The zero-order valence-corrected chi connectivity index (χ0v) is 16.3. The Labute approximate surface area is 165 Å². The summed E-state index contributed by atoms with van der Waals surface area (Å²) in [4.78, 5) is 17.2. The van der Waals surface area contributed by atoms with Crippen LogP contribution in [0.5, 0.6) is 5.75 Å². The van der Waals surface area contributed by atoms with Crippen LogP contribution >= 0.6 is 22.9 Å². The third kappa shape index (κ3) is 4.04. The topological polar surface area (TPSA) is 75.7 Å². The van der Waals surface area contributed by atoms with Gasteiger partial charge in [0.25, 0.3) is 0 Å². The summed E-state index contributed by atoms with van der Waals surface area (Å²) in [6.45, 7) is 3.18. The van der Waals surface area contributed by atoms with E-state index in [2.05, 4.69) is 31.3 Å². The quantitative estimate of drug-likeness (QED) is 0.472.